The van der Waals surface area contributed by atoms with Gasteiger partial charge in [-0.15, -0.1) is 0 Å². The second kappa shape index (κ2) is 12.3. The summed E-state index contributed by atoms with van der Waals surface area (Å²) in [7, 11) is 3.16. The van der Waals surface area contributed by atoms with E-state index in [0.717, 1.165) is 37.5 Å². The van der Waals surface area contributed by atoms with Crippen LogP contribution in [0.1, 0.15) is 25.7 Å². The van der Waals surface area contributed by atoms with Crippen molar-refractivity contribution in [2.45, 2.75) is 25.7 Å². The highest BCUT2D eigenvalue weighted by atomic mass is 16.5. The molecule has 1 aromatic rings. The van der Waals surface area contributed by atoms with E-state index in [0.29, 0.717) is 19.6 Å². The molecule has 128 valence electrons. The zero-order chi connectivity index (χ0) is 16.8. The van der Waals surface area contributed by atoms with Crippen molar-refractivity contribution < 1.29 is 14.3 Å². The molecule has 6 heteroatoms. The zero-order valence-electron chi connectivity index (χ0n) is 14.0. The van der Waals surface area contributed by atoms with Crippen LogP contribution in [-0.4, -0.2) is 45.8 Å². The standard InChI is InChI=1S/C17H27N3O3/c1-18-17(19-12-8-4-7-11-16(21)22-2)20-13-14-23-15-9-5-3-6-10-15/h3,5-6,9-10H,4,7-8,11-14H2,1-2H3,(H2,18,19,20). The quantitative estimate of drug-likeness (QED) is 0.298. The van der Waals surface area contributed by atoms with Gasteiger partial charge in [0.2, 0.25) is 0 Å². The van der Waals surface area contributed by atoms with Crippen LogP contribution in [0.4, 0.5) is 0 Å². The Hall–Kier alpha value is -2.24. The summed E-state index contributed by atoms with van der Waals surface area (Å²) in [4.78, 5) is 15.1. The van der Waals surface area contributed by atoms with E-state index in [9.17, 15) is 4.79 Å². The van der Waals surface area contributed by atoms with Gasteiger partial charge in [0.15, 0.2) is 5.96 Å². The SMILES string of the molecule is CN=C(NCCCCCC(=O)OC)NCCOc1ccccc1. The Labute approximate surface area is 138 Å². The Morgan fingerprint density at radius 1 is 1.09 bits per heavy atom. The van der Waals surface area contributed by atoms with Gasteiger partial charge >= 0.3 is 5.97 Å². The summed E-state index contributed by atoms with van der Waals surface area (Å²) in [5, 5.41) is 6.44. The number of carbonyl (C=O) groups excluding carboxylic acids is 1. The Morgan fingerprint density at radius 3 is 2.52 bits per heavy atom. The number of unbranched alkanes of at least 4 members (excludes halogenated alkanes) is 2. The van der Waals surface area contributed by atoms with Gasteiger partial charge in [0.25, 0.3) is 0 Å². The maximum Gasteiger partial charge on any atom is 0.305 e. The average Bonchev–Trinajstić information content (AvgIpc) is 2.60. The van der Waals surface area contributed by atoms with E-state index in [1.165, 1.54) is 7.11 Å². The molecule has 0 radical (unpaired) electrons. The first-order valence-corrected chi connectivity index (χ1v) is 7.95. The number of aliphatic imine (C=N–C) groups is 1. The first-order valence-electron chi connectivity index (χ1n) is 7.95. The maximum absolute atomic E-state index is 11.0. The molecule has 0 unspecified atom stereocenters. The number of ether oxygens (including phenoxy) is 2. The number of methoxy groups -OCH3 is 1. The molecule has 1 rings (SSSR count). The summed E-state index contributed by atoms with van der Waals surface area (Å²) in [6.45, 7) is 2.07. The van der Waals surface area contributed by atoms with Gasteiger partial charge in [-0.25, -0.2) is 0 Å². The van der Waals surface area contributed by atoms with Gasteiger partial charge in [-0.2, -0.15) is 0 Å². The molecule has 0 amide bonds. The molecule has 1 aromatic carbocycles. The fraction of sp³-hybridized carbons (Fsp3) is 0.529. The minimum Gasteiger partial charge on any atom is -0.492 e. The molecule has 0 spiro atoms. The number of guanidine groups is 1. The van der Waals surface area contributed by atoms with E-state index >= 15 is 0 Å². The normalized spacial score (nSPS) is 11.0. The average molecular weight is 321 g/mol. The largest absolute Gasteiger partial charge is 0.492 e. The van der Waals surface area contributed by atoms with Gasteiger partial charge in [-0.3, -0.25) is 9.79 Å². The third kappa shape index (κ3) is 9.39. The van der Waals surface area contributed by atoms with Gasteiger partial charge in [0.1, 0.15) is 12.4 Å². The first kappa shape index (κ1) is 18.8. The number of hydrogen-bond donors (Lipinski definition) is 2. The first-order chi connectivity index (χ1) is 11.3. The topological polar surface area (TPSA) is 72.0 Å². The Bertz CT molecular complexity index is 463. The van der Waals surface area contributed by atoms with E-state index in [-0.39, 0.29) is 5.97 Å². The molecule has 0 saturated heterocycles. The number of carbonyl (C=O) groups is 1. The molecular weight excluding hydrogens is 294 g/mol. The van der Waals surface area contributed by atoms with Gasteiger partial charge in [-0.05, 0) is 25.0 Å². The van der Waals surface area contributed by atoms with Crippen molar-refractivity contribution in [3.63, 3.8) is 0 Å². The molecule has 0 aliphatic rings. The van der Waals surface area contributed by atoms with Crippen molar-refractivity contribution in [3.05, 3.63) is 30.3 Å². The Kier molecular flexibility index (Phi) is 10.1. The third-order valence-electron chi connectivity index (χ3n) is 3.21. The number of nitrogens with zero attached hydrogens (tertiary/aromatic N) is 1. The van der Waals surface area contributed by atoms with Crippen LogP contribution in [0.3, 0.4) is 0 Å². The number of rotatable bonds is 10. The zero-order valence-corrected chi connectivity index (χ0v) is 14.0. The van der Waals surface area contributed by atoms with Crippen LogP contribution in [-0.2, 0) is 9.53 Å². The van der Waals surface area contributed by atoms with Gasteiger partial charge in [-0.1, -0.05) is 24.6 Å². The minimum atomic E-state index is -0.145. The van der Waals surface area contributed by atoms with E-state index in [1.807, 2.05) is 30.3 Å². The van der Waals surface area contributed by atoms with Gasteiger partial charge in [0.05, 0.1) is 13.7 Å². The van der Waals surface area contributed by atoms with Gasteiger partial charge < -0.3 is 20.1 Å². The van der Waals surface area contributed by atoms with Crippen LogP contribution < -0.4 is 15.4 Å². The van der Waals surface area contributed by atoms with Crippen molar-refractivity contribution in [3.8, 4) is 5.75 Å². The lowest BCUT2D eigenvalue weighted by Gasteiger charge is -2.12. The fourth-order valence-electron chi connectivity index (χ4n) is 1.96. The highest BCUT2D eigenvalue weighted by molar-refractivity contribution is 5.79. The van der Waals surface area contributed by atoms with Crippen molar-refractivity contribution in [1.82, 2.24) is 10.6 Å². The lowest BCUT2D eigenvalue weighted by Crippen LogP contribution is -2.39. The van der Waals surface area contributed by atoms with E-state index in [2.05, 4.69) is 20.4 Å². The smallest absolute Gasteiger partial charge is 0.305 e. The van der Waals surface area contributed by atoms with Crippen molar-refractivity contribution in [2.24, 2.45) is 4.99 Å². The van der Waals surface area contributed by atoms with Gasteiger partial charge in [0, 0.05) is 20.0 Å². The van der Waals surface area contributed by atoms with Crippen LogP contribution >= 0.6 is 0 Å². The lowest BCUT2D eigenvalue weighted by atomic mass is 10.2. The molecule has 0 atom stereocenters. The molecule has 23 heavy (non-hydrogen) atoms. The van der Waals surface area contributed by atoms with E-state index in [4.69, 9.17) is 4.74 Å². The molecule has 0 aliphatic heterocycles. The lowest BCUT2D eigenvalue weighted by molar-refractivity contribution is -0.140. The summed E-state index contributed by atoms with van der Waals surface area (Å²) in [5.74, 6) is 1.48. The number of nitrogens with one attached hydrogen (secondary N) is 2. The maximum atomic E-state index is 11.0. The van der Waals surface area contributed by atoms with E-state index < -0.39 is 0 Å². The second-order valence-electron chi connectivity index (χ2n) is 4.97. The number of benzene rings is 1. The summed E-state index contributed by atoms with van der Waals surface area (Å²) >= 11 is 0. The highest BCUT2D eigenvalue weighted by Crippen LogP contribution is 2.07. The van der Waals surface area contributed by atoms with Crippen LogP contribution in [0.5, 0.6) is 5.75 Å². The number of para-hydroxylation sites is 1. The summed E-state index contributed by atoms with van der Waals surface area (Å²) in [6, 6.07) is 9.72. The third-order valence-corrected chi connectivity index (χ3v) is 3.21. The number of esters is 1. The van der Waals surface area contributed by atoms with Crippen LogP contribution in [0, 0.1) is 0 Å². The molecule has 6 nitrogen and oxygen atoms in total. The highest BCUT2D eigenvalue weighted by Gasteiger charge is 2.00. The van der Waals surface area contributed by atoms with Crippen LogP contribution in [0.15, 0.2) is 35.3 Å². The molecular formula is C17H27N3O3. The molecule has 2 N–H and O–H groups in total. The number of hydrogen-bond acceptors (Lipinski definition) is 4. The molecule has 0 aromatic heterocycles. The Morgan fingerprint density at radius 2 is 1.83 bits per heavy atom. The molecule has 0 bridgehead atoms. The predicted octanol–water partition coefficient (Wildman–Crippen LogP) is 1.96. The van der Waals surface area contributed by atoms with Crippen LogP contribution in [0.2, 0.25) is 0 Å². The molecule has 0 aliphatic carbocycles. The summed E-state index contributed by atoms with van der Waals surface area (Å²) < 4.78 is 10.2. The van der Waals surface area contributed by atoms with Crippen LogP contribution in [0.25, 0.3) is 0 Å². The van der Waals surface area contributed by atoms with E-state index in [1.54, 1.807) is 7.05 Å². The predicted molar refractivity (Wildman–Crippen MR) is 91.8 cm³/mol. The molecule has 0 fully saturated rings. The fourth-order valence-corrected chi connectivity index (χ4v) is 1.96. The second-order valence-corrected chi connectivity index (χ2v) is 4.97. The summed E-state index contributed by atoms with van der Waals surface area (Å²) in [5.41, 5.74) is 0. The molecule has 0 heterocycles. The van der Waals surface area contributed by atoms with Crippen molar-refractivity contribution in [2.75, 3.05) is 33.9 Å². The Balaban J connectivity index is 2.03. The van der Waals surface area contributed by atoms with Crippen molar-refractivity contribution >= 4 is 11.9 Å². The monoisotopic (exact) mass is 321 g/mol. The summed E-state index contributed by atoms with van der Waals surface area (Å²) in [6.07, 6.45) is 3.31. The molecule has 0 saturated carbocycles. The van der Waals surface area contributed by atoms with Crippen molar-refractivity contribution in [1.29, 1.82) is 0 Å². The minimum absolute atomic E-state index is 0.145.